The highest BCUT2D eigenvalue weighted by molar-refractivity contribution is 9.10. The first-order chi connectivity index (χ1) is 8.00. The molecule has 3 nitrogen and oxygen atoms in total. The van der Waals surface area contributed by atoms with Crippen molar-refractivity contribution in [3.8, 4) is 0 Å². The number of hydrogen-bond donors (Lipinski definition) is 2. The number of benzene rings is 1. The number of aryl methyl sites for hydroxylation is 1. The van der Waals surface area contributed by atoms with Crippen LogP contribution >= 0.6 is 28.1 Å². The summed E-state index contributed by atoms with van der Waals surface area (Å²) in [4.78, 5) is 12.2. The Morgan fingerprint density at radius 1 is 1.53 bits per heavy atom. The molecule has 0 fully saturated rings. The fourth-order valence-electron chi connectivity index (χ4n) is 1.30. The van der Waals surface area contributed by atoms with Gasteiger partial charge in [0, 0.05) is 16.6 Å². The lowest BCUT2D eigenvalue weighted by Crippen LogP contribution is -2.25. The second-order valence-corrected chi connectivity index (χ2v) is 5.17. The minimum absolute atomic E-state index is 0.0753. The van der Waals surface area contributed by atoms with Gasteiger partial charge in [-0.25, -0.2) is 0 Å². The van der Waals surface area contributed by atoms with E-state index in [2.05, 4.69) is 21.2 Å². The lowest BCUT2D eigenvalue weighted by atomic mass is 10.1. The summed E-state index contributed by atoms with van der Waals surface area (Å²) < 4.78 is 0.938. The van der Waals surface area contributed by atoms with Crippen LogP contribution in [0.5, 0.6) is 0 Å². The maximum absolute atomic E-state index is 11.8. The molecule has 5 heteroatoms. The fraction of sp³-hybridized carbons (Fsp3) is 0.333. The number of amides is 1. The van der Waals surface area contributed by atoms with Crippen LogP contribution in [0.4, 0.5) is 0 Å². The van der Waals surface area contributed by atoms with Crippen LogP contribution in [-0.2, 0) is 0 Å². The molecule has 1 rings (SSSR count). The molecular weight excluding hydrogens is 300 g/mol. The number of thiocarbonyl (C=S) groups is 1. The predicted octanol–water partition coefficient (Wildman–Crippen LogP) is 2.55. The Labute approximate surface area is 115 Å². The zero-order chi connectivity index (χ0) is 12.8. The maximum Gasteiger partial charge on any atom is 0.251 e. The summed E-state index contributed by atoms with van der Waals surface area (Å²) in [5, 5.41) is 2.83. The van der Waals surface area contributed by atoms with Gasteiger partial charge in [0.25, 0.3) is 5.91 Å². The minimum Gasteiger partial charge on any atom is -0.393 e. The Balaban J connectivity index is 2.47. The SMILES string of the molecule is Cc1ccc(C(=O)NCCCC(N)=S)cc1Br. The highest BCUT2D eigenvalue weighted by atomic mass is 79.9. The Bertz CT molecular complexity index is 435. The van der Waals surface area contributed by atoms with Gasteiger partial charge >= 0.3 is 0 Å². The summed E-state index contributed by atoms with van der Waals surface area (Å²) in [6.45, 7) is 2.57. The second-order valence-electron chi connectivity index (χ2n) is 3.79. The number of rotatable bonds is 5. The minimum atomic E-state index is -0.0753. The van der Waals surface area contributed by atoms with Crippen molar-refractivity contribution in [3.63, 3.8) is 0 Å². The van der Waals surface area contributed by atoms with E-state index in [9.17, 15) is 4.79 Å². The lowest BCUT2D eigenvalue weighted by molar-refractivity contribution is 0.0953. The van der Waals surface area contributed by atoms with E-state index in [0.717, 1.165) is 16.5 Å². The molecule has 1 amide bonds. The van der Waals surface area contributed by atoms with Gasteiger partial charge in [-0.05, 0) is 37.5 Å². The second kappa shape index (κ2) is 6.71. The quantitative estimate of drug-likeness (QED) is 0.648. The number of hydrogen-bond acceptors (Lipinski definition) is 2. The van der Waals surface area contributed by atoms with Crippen molar-refractivity contribution < 1.29 is 4.79 Å². The molecule has 0 heterocycles. The summed E-state index contributed by atoms with van der Waals surface area (Å²) in [5.74, 6) is -0.0753. The summed E-state index contributed by atoms with van der Waals surface area (Å²) in [6, 6.07) is 5.54. The predicted molar refractivity (Wildman–Crippen MR) is 77.2 cm³/mol. The Morgan fingerprint density at radius 2 is 2.24 bits per heavy atom. The highest BCUT2D eigenvalue weighted by Gasteiger charge is 2.06. The van der Waals surface area contributed by atoms with Gasteiger partial charge in [0.15, 0.2) is 0 Å². The fourth-order valence-corrected chi connectivity index (χ4v) is 1.82. The van der Waals surface area contributed by atoms with Crippen LogP contribution < -0.4 is 11.1 Å². The van der Waals surface area contributed by atoms with Gasteiger partial charge in [-0.3, -0.25) is 4.79 Å². The number of carbonyl (C=O) groups is 1. The van der Waals surface area contributed by atoms with Crippen LogP contribution in [0.1, 0.15) is 28.8 Å². The maximum atomic E-state index is 11.8. The van der Waals surface area contributed by atoms with Gasteiger partial charge in [-0.1, -0.05) is 34.2 Å². The van der Waals surface area contributed by atoms with Gasteiger partial charge in [-0.2, -0.15) is 0 Å². The number of nitrogens with one attached hydrogen (secondary N) is 1. The van der Waals surface area contributed by atoms with Crippen molar-refractivity contribution in [2.75, 3.05) is 6.54 Å². The van der Waals surface area contributed by atoms with E-state index < -0.39 is 0 Å². The van der Waals surface area contributed by atoms with Crippen LogP contribution in [-0.4, -0.2) is 17.4 Å². The third-order valence-electron chi connectivity index (χ3n) is 2.32. The van der Waals surface area contributed by atoms with Crippen LogP contribution in [0, 0.1) is 6.92 Å². The van der Waals surface area contributed by atoms with Crippen molar-refractivity contribution in [1.82, 2.24) is 5.32 Å². The van der Waals surface area contributed by atoms with E-state index in [1.807, 2.05) is 25.1 Å². The van der Waals surface area contributed by atoms with Gasteiger partial charge < -0.3 is 11.1 Å². The average molecular weight is 315 g/mol. The van der Waals surface area contributed by atoms with E-state index in [4.69, 9.17) is 18.0 Å². The van der Waals surface area contributed by atoms with Gasteiger partial charge in [-0.15, -0.1) is 0 Å². The van der Waals surface area contributed by atoms with Crippen molar-refractivity contribution >= 4 is 39.0 Å². The third kappa shape index (κ3) is 4.83. The number of halogens is 1. The molecule has 0 bridgehead atoms. The molecule has 0 radical (unpaired) electrons. The molecule has 0 saturated carbocycles. The molecule has 0 aromatic heterocycles. The van der Waals surface area contributed by atoms with Crippen LogP contribution in [0.15, 0.2) is 22.7 Å². The van der Waals surface area contributed by atoms with Gasteiger partial charge in [0.2, 0.25) is 0 Å². The summed E-state index contributed by atoms with van der Waals surface area (Å²) in [6.07, 6.45) is 1.43. The Hall–Kier alpha value is -0.940. The number of nitrogens with two attached hydrogens (primary N) is 1. The van der Waals surface area contributed by atoms with Crippen LogP contribution in [0.2, 0.25) is 0 Å². The van der Waals surface area contributed by atoms with Crippen LogP contribution in [0.3, 0.4) is 0 Å². The molecule has 0 aliphatic carbocycles. The van der Waals surface area contributed by atoms with Crippen LogP contribution in [0.25, 0.3) is 0 Å². The Morgan fingerprint density at radius 3 is 2.82 bits per heavy atom. The average Bonchev–Trinajstić information content (AvgIpc) is 2.27. The van der Waals surface area contributed by atoms with E-state index in [1.54, 1.807) is 0 Å². The number of carbonyl (C=O) groups excluding carboxylic acids is 1. The van der Waals surface area contributed by atoms with Crippen molar-refractivity contribution in [3.05, 3.63) is 33.8 Å². The van der Waals surface area contributed by atoms with E-state index in [0.29, 0.717) is 23.5 Å². The standard InChI is InChI=1S/C12H15BrN2OS/c1-8-4-5-9(7-10(8)13)12(16)15-6-2-3-11(14)17/h4-5,7H,2-3,6H2,1H3,(H2,14,17)(H,15,16). The first-order valence-electron chi connectivity index (χ1n) is 5.33. The molecule has 0 saturated heterocycles. The molecule has 92 valence electrons. The smallest absolute Gasteiger partial charge is 0.251 e. The molecule has 0 atom stereocenters. The van der Waals surface area contributed by atoms with Crippen molar-refractivity contribution in [2.24, 2.45) is 5.73 Å². The molecule has 1 aromatic rings. The molecule has 17 heavy (non-hydrogen) atoms. The first-order valence-corrected chi connectivity index (χ1v) is 6.53. The molecule has 0 aliphatic rings. The van der Waals surface area contributed by atoms with Crippen molar-refractivity contribution in [1.29, 1.82) is 0 Å². The van der Waals surface area contributed by atoms with Gasteiger partial charge in [0.05, 0.1) is 4.99 Å². The highest BCUT2D eigenvalue weighted by Crippen LogP contribution is 2.17. The summed E-state index contributed by atoms with van der Waals surface area (Å²) in [5.41, 5.74) is 7.13. The summed E-state index contributed by atoms with van der Waals surface area (Å²) >= 11 is 8.16. The first kappa shape index (κ1) is 14.1. The van der Waals surface area contributed by atoms with E-state index in [1.165, 1.54) is 0 Å². The topological polar surface area (TPSA) is 55.1 Å². The monoisotopic (exact) mass is 314 g/mol. The molecule has 3 N–H and O–H groups in total. The van der Waals surface area contributed by atoms with Crippen molar-refractivity contribution in [2.45, 2.75) is 19.8 Å². The molecular formula is C12H15BrN2OS. The zero-order valence-corrected chi connectivity index (χ0v) is 12.0. The Kier molecular flexibility index (Phi) is 5.58. The van der Waals surface area contributed by atoms with Gasteiger partial charge in [0.1, 0.15) is 0 Å². The van der Waals surface area contributed by atoms with E-state index >= 15 is 0 Å². The third-order valence-corrected chi connectivity index (χ3v) is 3.38. The molecule has 1 aromatic carbocycles. The molecule has 0 spiro atoms. The largest absolute Gasteiger partial charge is 0.393 e. The molecule has 0 unspecified atom stereocenters. The lowest BCUT2D eigenvalue weighted by Gasteiger charge is -2.06. The zero-order valence-electron chi connectivity index (χ0n) is 9.63. The molecule has 0 aliphatic heterocycles. The summed E-state index contributed by atoms with van der Waals surface area (Å²) in [7, 11) is 0. The normalized spacial score (nSPS) is 10.0. The van der Waals surface area contributed by atoms with E-state index in [-0.39, 0.29) is 5.91 Å².